The molecule has 0 fully saturated rings. The van der Waals surface area contributed by atoms with Gasteiger partial charge in [-0.3, -0.25) is 0 Å². The lowest BCUT2D eigenvalue weighted by molar-refractivity contribution is 0.123. The number of likely N-dealkylation sites (N-methyl/N-ethyl adjacent to an activating group) is 1. The van der Waals surface area contributed by atoms with Gasteiger partial charge in [0.25, 0.3) is 0 Å². The Balaban J connectivity index is 2.54. The van der Waals surface area contributed by atoms with Gasteiger partial charge >= 0.3 is 6.03 Å². The number of nitrogens with one attached hydrogen (secondary N) is 1. The van der Waals surface area contributed by atoms with E-state index in [4.69, 9.17) is 4.74 Å². The van der Waals surface area contributed by atoms with Crippen LogP contribution in [0.3, 0.4) is 0 Å². The quantitative estimate of drug-likeness (QED) is 0.755. The van der Waals surface area contributed by atoms with Crippen LogP contribution in [0.5, 0.6) is 0 Å². The molecule has 0 aliphatic rings. The van der Waals surface area contributed by atoms with Crippen LogP contribution in [0.25, 0.3) is 0 Å². The Morgan fingerprint density at radius 3 is 2.50 bits per heavy atom. The van der Waals surface area contributed by atoms with Crippen molar-refractivity contribution in [2.75, 3.05) is 31.6 Å². The topological polar surface area (TPSA) is 61.8 Å². The number of carbonyl (C=O) groups is 1. The van der Waals surface area contributed by atoms with Gasteiger partial charge in [0.15, 0.2) is 0 Å². The summed E-state index contributed by atoms with van der Waals surface area (Å²) in [6, 6.07) is 7.04. The number of aliphatic hydroxyl groups is 1. The van der Waals surface area contributed by atoms with Gasteiger partial charge in [-0.2, -0.15) is 0 Å². The second-order valence-electron chi connectivity index (χ2n) is 4.50. The molecule has 2 amide bonds. The molecule has 20 heavy (non-hydrogen) atoms. The van der Waals surface area contributed by atoms with Crippen LogP contribution >= 0.6 is 0 Å². The minimum atomic E-state index is -0.502. The third kappa shape index (κ3) is 5.19. The smallest absolute Gasteiger partial charge is 0.321 e. The van der Waals surface area contributed by atoms with Crippen molar-refractivity contribution in [2.24, 2.45) is 0 Å². The van der Waals surface area contributed by atoms with Crippen LogP contribution in [0.4, 0.5) is 10.5 Å². The first-order valence-electron chi connectivity index (χ1n) is 7.00. The Morgan fingerprint density at radius 1 is 1.35 bits per heavy atom. The number of amides is 2. The van der Waals surface area contributed by atoms with E-state index >= 15 is 0 Å². The van der Waals surface area contributed by atoms with Crippen LogP contribution in [0.1, 0.15) is 32.4 Å². The standard InChI is InChI=1S/C15H24N2O3/c1-4-17(10-11-20-5-2)15(19)16-14-8-6-13(7-9-14)12(3)18/h6-9,12,18H,4-5,10-11H2,1-3H3,(H,16,19). The summed E-state index contributed by atoms with van der Waals surface area (Å²) in [4.78, 5) is 13.8. The van der Waals surface area contributed by atoms with E-state index < -0.39 is 6.10 Å². The van der Waals surface area contributed by atoms with Crippen molar-refractivity contribution in [3.8, 4) is 0 Å². The first-order valence-corrected chi connectivity index (χ1v) is 7.00. The fourth-order valence-electron chi connectivity index (χ4n) is 1.77. The molecule has 0 spiro atoms. The molecule has 0 saturated heterocycles. The highest BCUT2D eigenvalue weighted by molar-refractivity contribution is 5.89. The van der Waals surface area contributed by atoms with Crippen LogP contribution in [0, 0.1) is 0 Å². The van der Waals surface area contributed by atoms with Crippen LogP contribution in [0.2, 0.25) is 0 Å². The van der Waals surface area contributed by atoms with E-state index in [-0.39, 0.29) is 6.03 Å². The maximum Gasteiger partial charge on any atom is 0.321 e. The van der Waals surface area contributed by atoms with E-state index in [9.17, 15) is 9.90 Å². The van der Waals surface area contributed by atoms with E-state index in [1.807, 2.05) is 13.8 Å². The SMILES string of the molecule is CCOCCN(CC)C(=O)Nc1ccc(C(C)O)cc1. The highest BCUT2D eigenvalue weighted by Gasteiger charge is 2.11. The average Bonchev–Trinajstić information content (AvgIpc) is 2.44. The molecule has 0 aromatic heterocycles. The lowest BCUT2D eigenvalue weighted by atomic mass is 10.1. The van der Waals surface area contributed by atoms with Crippen molar-refractivity contribution in [3.63, 3.8) is 0 Å². The number of carbonyl (C=O) groups excluding carboxylic acids is 1. The Labute approximate surface area is 120 Å². The molecule has 2 N–H and O–H groups in total. The van der Waals surface area contributed by atoms with Crippen molar-refractivity contribution in [3.05, 3.63) is 29.8 Å². The molecule has 0 saturated carbocycles. The van der Waals surface area contributed by atoms with Crippen LogP contribution in [-0.2, 0) is 4.74 Å². The summed E-state index contributed by atoms with van der Waals surface area (Å²) in [5.41, 5.74) is 1.54. The third-order valence-electron chi connectivity index (χ3n) is 3.02. The lowest BCUT2D eigenvalue weighted by Crippen LogP contribution is -2.37. The number of ether oxygens (including phenoxy) is 1. The second-order valence-corrected chi connectivity index (χ2v) is 4.50. The first kappa shape index (κ1) is 16.5. The Hall–Kier alpha value is -1.59. The predicted molar refractivity (Wildman–Crippen MR) is 79.8 cm³/mol. The van der Waals surface area contributed by atoms with Crippen molar-refractivity contribution in [2.45, 2.75) is 26.9 Å². The molecule has 5 nitrogen and oxygen atoms in total. The number of anilines is 1. The fraction of sp³-hybridized carbons (Fsp3) is 0.533. The van der Waals surface area contributed by atoms with Crippen molar-refractivity contribution in [1.29, 1.82) is 0 Å². The van der Waals surface area contributed by atoms with Gasteiger partial charge in [0, 0.05) is 25.4 Å². The molecule has 112 valence electrons. The van der Waals surface area contributed by atoms with Gasteiger partial charge < -0.3 is 20.1 Å². The number of rotatable bonds is 7. The zero-order valence-electron chi connectivity index (χ0n) is 12.4. The largest absolute Gasteiger partial charge is 0.389 e. The molecule has 0 aliphatic heterocycles. The molecule has 0 aliphatic carbocycles. The van der Waals surface area contributed by atoms with E-state index in [2.05, 4.69) is 5.32 Å². The minimum Gasteiger partial charge on any atom is -0.389 e. The summed E-state index contributed by atoms with van der Waals surface area (Å²) in [5.74, 6) is 0. The molecular weight excluding hydrogens is 256 g/mol. The van der Waals surface area contributed by atoms with Crippen LogP contribution in [-0.4, -0.2) is 42.3 Å². The number of urea groups is 1. The number of aliphatic hydroxyl groups excluding tert-OH is 1. The summed E-state index contributed by atoms with van der Waals surface area (Å²) in [7, 11) is 0. The molecule has 0 heterocycles. The molecule has 1 atom stereocenters. The number of benzene rings is 1. The van der Waals surface area contributed by atoms with Crippen molar-refractivity contribution < 1.29 is 14.6 Å². The van der Waals surface area contributed by atoms with E-state index in [0.29, 0.717) is 32.0 Å². The van der Waals surface area contributed by atoms with Gasteiger partial charge in [-0.25, -0.2) is 4.79 Å². The summed E-state index contributed by atoms with van der Waals surface area (Å²) in [6.07, 6.45) is -0.502. The van der Waals surface area contributed by atoms with Crippen molar-refractivity contribution in [1.82, 2.24) is 4.90 Å². The van der Waals surface area contributed by atoms with Gasteiger partial charge in [-0.15, -0.1) is 0 Å². The highest BCUT2D eigenvalue weighted by Crippen LogP contribution is 2.15. The minimum absolute atomic E-state index is 0.142. The number of hydrogen-bond donors (Lipinski definition) is 2. The Kier molecular flexibility index (Phi) is 7.04. The fourth-order valence-corrected chi connectivity index (χ4v) is 1.77. The van der Waals surface area contributed by atoms with Gasteiger partial charge in [0.05, 0.1) is 12.7 Å². The molecule has 1 aromatic rings. The van der Waals surface area contributed by atoms with E-state index in [1.165, 1.54) is 0 Å². The summed E-state index contributed by atoms with van der Waals surface area (Å²) in [6.45, 7) is 7.97. The van der Waals surface area contributed by atoms with Crippen LogP contribution < -0.4 is 5.32 Å². The number of nitrogens with zero attached hydrogens (tertiary/aromatic N) is 1. The highest BCUT2D eigenvalue weighted by atomic mass is 16.5. The first-order chi connectivity index (χ1) is 9.58. The summed E-state index contributed by atoms with van der Waals surface area (Å²) < 4.78 is 5.26. The summed E-state index contributed by atoms with van der Waals surface area (Å²) in [5, 5.41) is 12.3. The molecule has 1 aromatic carbocycles. The van der Waals surface area contributed by atoms with Gasteiger partial charge in [-0.1, -0.05) is 12.1 Å². The predicted octanol–water partition coefficient (Wildman–Crippen LogP) is 2.63. The van der Waals surface area contributed by atoms with E-state index in [1.54, 1.807) is 36.1 Å². The molecule has 5 heteroatoms. The average molecular weight is 280 g/mol. The normalized spacial score (nSPS) is 12.0. The molecule has 1 unspecified atom stereocenters. The zero-order valence-corrected chi connectivity index (χ0v) is 12.4. The molecule has 0 radical (unpaired) electrons. The van der Waals surface area contributed by atoms with E-state index in [0.717, 1.165) is 5.56 Å². The lowest BCUT2D eigenvalue weighted by Gasteiger charge is -2.21. The summed E-state index contributed by atoms with van der Waals surface area (Å²) >= 11 is 0. The van der Waals surface area contributed by atoms with Gasteiger partial charge in [0.2, 0.25) is 0 Å². The number of hydrogen-bond acceptors (Lipinski definition) is 3. The molecular formula is C15H24N2O3. The maximum absolute atomic E-state index is 12.1. The van der Waals surface area contributed by atoms with Crippen molar-refractivity contribution >= 4 is 11.7 Å². The third-order valence-corrected chi connectivity index (χ3v) is 3.02. The monoisotopic (exact) mass is 280 g/mol. The van der Waals surface area contributed by atoms with Gasteiger partial charge in [0.1, 0.15) is 0 Å². The Bertz CT molecular complexity index is 404. The molecule has 0 bridgehead atoms. The Morgan fingerprint density at radius 2 is 2.00 bits per heavy atom. The van der Waals surface area contributed by atoms with Crippen LogP contribution in [0.15, 0.2) is 24.3 Å². The zero-order chi connectivity index (χ0) is 15.0. The second kappa shape index (κ2) is 8.55. The molecule has 1 rings (SSSR count). The van der Waals surface area contributed by atoms with Gasteiger partial charge in [-0.05, 0) is 38.5 Å². The maximum atomic E-state index is 12.1.